The van der Waals surface area contributed by atoms with Gasteiger partial charge in [0.25, 0.3) is 0 Å². The summed E-state index contributed by atoms with van der Waals surface area (Å²) in [6.45, 7) is 2.45. The van der Waals surface area contributed by atoms with Gasteiger partial charge in [-0.15, -0.1) is 12.4 Å². The van der Waals surface area contributed by atoms with Gasteiger partial charge in [0.1, 0.15) is 0 Å². The molecule has 1 aliphatic rings. The van der Waals surface area contributed by atoms with Gasteiger partial charge in [-0.05, 0) is 49.6 Å². The van der Waals surface area contributed by atoms with Crippen molar-refractivity contribution in [1.82, 2.24) is 4.31 Å². The van der Waals surface area contributed by atoms with E-state index in [-0.39, 0.29) is 28.8 Å². The lowest BCUT2D eigenvalue weighted by Gasteiger charge is -2.18. The zero-order chi connectivity index (χ0) is 15.8. The molecule has 126 valence electrons. The van der Waals surface area contributed by atoms with Crippen molar-refractivity contribution in [3.05, 3.63) is 29.3 Å². The molecule has 0 saturated carbocycles. The highest BCUT2D eigenvalue weighted by atomic mass is 35.5. The number of aryl methyl sites for hydroxylation is 1. The van der Waals surface area contributed by atoms with Gasteiger partial charge < -0.3 is 5.73 Å². The predicted octanol–water partition coefficient (Wildman–Crippen LogP) is 2.40. The van der Waals surface area contributed by atoms with E-state index in [1.54, 1.807) is 0 Å². The molecular formula is C13H18ClF3N2O2S. The fourth-order valence-electron chi connectivity index (χ4n) is 2.46. The zero-order valence-corrected chi connectivity index (χ0v) is 13.6. The maximum Gasteiger partial charge on any atom is 0.416 e. The normalized spacial score (nSPS) is 20.0. The molecule has 1 saturated heterocycles. The number of benzene rings is 1. The Bertz CT molecular complexity index is 635. The van der Waals surface area contributed by atoms with Crippen molar-refractivity contribution in [1.29, 1.82) is 0 Å². The Morgan fingerprint density at radius 1 is 1.36 bits per heavy atom. The Kier molecular flexibility index (Phi) is 5.88. The second kappa shape index (κ2) is 6.74. The lowest BCUT2D eigenvalue weighted by Crippen LogP contribution is -2.30. The summed E-state index contributed by atoms with van der Waals surface area (Å²) in [6.07, 6.45) is -3.80. The minimum Gasteiger partial charge on any atom is -0.330 e. The zero-order valence-electron chi connectivity index (χ0n) is 11.9. The second-order valence-electron chi connectivity index (χ2n) is 5.23. The van der Waals surface area contributed by atoms with Crippen molar-refractivity contribution in [2.45, 2.75) is 24.4 Å². The van der Waals surface area contributed by atoms with Crippen LogP contribution in [0.3, 0.4) is 0 Å². The summed E-state index contributed by atoms with van der Waals surface area (Å²) in [5.74, 6) is 0.106. The van der Waals surface area contributed by atoms with Gasteiger partial charge in [-0.3, -0.25) is 0 Å². The molecule has 1 aromatic carbocycles. The van der Waals surface area contributed by atoms with Crippen molar-refractivity contribution in [3.8, 4) is 0 Å². The lowest BCUT2D eigenvalue weighted by atomic mass is 10.1. The molecule has 1 fully saturated rings. The van der Waals surface area contributed by atoms with Crippen LogP contribution in [-0.4, -0.2) is 32.4 Å². The number of nitrogens with two attached hydrogens (primary N) is 1. The van der Waals surface area contributed by atoms with Crippen molar-refractivity contribution < 1.29 is 21.6 Å². The third-order valence-electron chi connectivity index (χ3n) is 3.70. The summed E-state index contributed by atoms with van der Waals surface area (Å²) in [4.78, 5) is -0.0758. The fraction of sp³-hybridized carbons (Fsp3) is 0.538. The highest BCUT2D eigenvalue weighted by Crippen LogP contribution is 2.33. The van der Waals surface area contributed by atoms with Crippen molar-refractivity contribution in [2.24, 2.45) is 11.7 Å². The van der Waals surface area contributed by atoms with Crippen LogP contribution in [0.4, 0.5) is 13.2 Å². The van der Waals surface area contributed by atoms with Crippen molar-refractivity contribution >= 4 is 22.4 Å². The van der Waals surface area contributed by atoms with Gasteiger partial charge in [-0.1, -0.05) is 0 Å². The van der Waals surface area contributed by atoms with Crippen LogP contribution in [0.15, 0.2) is 23.1 Å². The molecule has 4 nitrogen and oxygen atoms in total. The molecule has 0 radical (unpaired) electrons. The van der Waals surface area contributed by atoms with Gasteiger partial charge in [-0.25, -0.2) is 8.42 Å². The van der Waals surface area contributed by atoms with E-state index in [1.165, 1.54) is 11.2 Å². The molecule has 2 rings (SSSR count). The minimum absolute atomic E-state index is 0. The number of nitrogens with zero attached hydrogens (tertiary/aromatic N) is 1. The van der Waals surface area contributed by atoms with Crippen LogP contribution in [0.5, 0.6) is 0 Å². The lowest BCUT2D eigenvalue weighted by molar-refractivity contribution is -0.137. The minimum atomic E-state index is -4.48. The smallest absolute Gasteiger partial charge is 0.330 e. The first-order valence-corrected chi connectivity index (χ1v) is 7.98. The molecule has 1 atom stereocenters. The molecule has 9 heteroatoms. The fourth-order valence-corrected chi connectivity index (χ4v) is 4.20. The molecule has 1 aliphatic heterocycles. The average Bonchev–Trinajstić information content (AvgIpc) is 2.86. The van der Waals surface area contributed by atoms with Gasteiger partial charge in [0.15, 0.2) is 0 Å². The molecule has 0 bridgehead atoms. The summed E-state index contributed by atoms with van der Waals surface area (Å²) in [5.41, 5.74) is 4.78. The summed E-state index contributed by atoms with van der Waals surface area (Å²) in [6, 6.07) is 2.70. The summed E-state index contributed by atoms with van der Waals surface area (Å²) < 4.78 is 64.1. The number of rotatable bonds is 3. The first-order chi connectivity index (χ1) is 9.66. The summed E-state index contributed by atoms with van der Waals surface area (Å²) >= 11 is 0. The van der Waals surface area contributed by atoms with Crippen LogP contribution >= 0.6 is 12.4 Å². The number of hydrogen-bond donors (Lipinski definition) is 1. The van der Waals surface area contributed by atoms with Gasteiger partial charge in [-0.2, -0.15) is 17.5 Å². The number of alkyl halides is 3. The number of hydrogen-bond acceptors (Lipinski definition) is 3. The molecule has 0 aliphatic carbocycles. The number of halogens is 4. The van der Waals surface area contributed by atoms with Gasteiger partial charge >= 0.3 is 6.18 Å². The van der Waals surface area contributed by atoms with Crippen LogP contribution < -0.4 is 5.73 Å². The third-order valence-corrected chi connectivity index (χ3v) is 5.73. The van der Waals surface area contributed by atoms with Gasteiger partial charge in [0.05, 0.1) is 10.5 Å². The summed E-state index contributed by atoms with van der Waals surface area (Å²) in [5, 5.41) is 0. The first kappa shape index (κ1) is 19.2. The highest BCUT2D eigenvalue weighted by Gasteiger charge is 2.35. The summed E-state index contributed by atoms with van der Waals surface area (Å²) in [7, 11) is -3.76. The molecule has 0 amide bonds. The van der Waals surface area contributed by atoms with Crippen LogP contribution in [0.25, 0.3) is 0 Å². The Morgan fingerprint density at radius 3 is 2.45 bits per heavy atom. The van der Waals surface area contributed by atoms with E-state index in [9.17, 15) is 21.6 Å². The average molecular weight is 359 g/mol. The van der Waals surface area contributed by atoms with E-state index in [1.807, 2.05) is 0 Å². The first-order valence-electron chi connectivity index (χ1n) is 6.54. The maximum atomic E-state index is 12.6. The molecule has 1 unspecified atom stereocenters. The maximum absolute atomic E-state index is 12.6. The van der Waals surface area contributed by atoms with Crippen LogP contribution in [0, 0.1) is 12.8 Å². The van der Waals surface area contributed by atoms with Crippen LogP contribution in [0.1, 0.15) is 17.5 Å². The highest BCUT2D eigenvalue weighted by molar-refractivity contribution is 7.89. The van der Waals surface area contributed by atoms with E-state index in [2.05, 4.69) is 0 Å². The quantitative estimate of drug-likeness (QED) is 0.902. The Hall–Kier alpha value is -0.830. The van der Waals surface area contributed by atoms with Gasteiger partial charge in [0, 0.05) is 13.1 Å². The Labute approximate surface area is 133 Å². The van der Waals surface area contributed by atoms with E-state index in [0.29, 0.717) is 26.1 Å². The molecule has 1 aromatic rings. The largest absolute Gasteiger partial charge is 0.416 e. The molecular weight excluding hydrogens is 341 g/mol. The third kappa shape index (κ3) is 3.73. The Morgan fingerprint density at radius 2 is 2.00 bits per heavy atom. The topological polar surface area (TPSA) is 63.4 Å². The SMILES string of the molecule is Cc1cc(C(F)(F)F)ccc1S(=O)(=O)N1CCC(CN)C1.Cl. The molecule has 1 heterocycles. The van der Waals surface area contributed by atoms with E-state index >= 15 is 0 Å². The van der Waals surface area contributed by atoms with Crippen LogP contribution in [-0.2, 0) is 16.2 Å². The molecule has 0 aromatic heterocycles. The van der Waals surface area contributed by atoms with Crippen molar-refractivity contribution in [3.63, 3.8) is 0 Å². The van der Waals surface area contributed by atoms with E-state index in [0.717, 1.165) is 18.2 Å². The Balaban J connectivity index is 0.00000242. The molecule has 0 spiro atoms. The second-order valence-corrected chi connectivity index (χ2v) is 7.14. The standard InChI is InChI=1S/C13H17F3N2O2S.ClH/c1-9-6-11(13(14,15)16)2-3-12(9)21(19,20)18-5-4-10(7-17)8-18;/h2-3,6,10H,4-5,7-8,17H2,1H3;1H. The van der Waals surface area contributed by atoms with E-state index in [4.69, 9.17) is 5.73 Å². The van der Waals surface area contributed by atoms with E-state index < -0.39 is 21.8 Å². The van der Waals surface area contributed by atoms with Crippen molar-refractivity contribution in [2.75, 3.05) is 19.6 Å². The predicted molar refractivity (Wildman–Crippen MR) is 79.3 cm³/mol. The van der Waals surface area contributed by atoms with Gasteiger partial charge in [0.2, 0.25) is 10.0 Å². The molecule has 2 N–H and O–H groups in total. The molecule has 22 heavy (non-hydrogen) atoms. The number of sulfonamides is 1. The van der Waals surface area contributed by atoms with Crippen LogP contribution in [0.2, 0.25) is 0 Å². The monoisotopic (exact) mass is 358 g/mol.